The molecule has 0 heterocycles. The Balaban J connectivity index is 0.00000364. The third-order valence-electron chi connectivity index (χ3n) is 3.72. The quantitative estimate of drug-likeness (QED) is 0.625. The number of alkyl halides is 2. The summed E-state index contributed by atoms with van der Waals surface area (Å²) in [5, 5.41) is 2.71. The van der Waals surface area contributed by atoms with Crippen molar-refractivity contribution in [2.24, 2.45) is 0 Å². The standard InChI is InChI=1S/C19H22F2N2O3.ClH/c1-2-25-16-9-5-7-14(18(16)26-19(20)21)12-23-17(24)11-10-13-6-3-4-8-15(13)22;/h3-9,19H,2,10-12,22H2,1H3,(H,23,24);1H. The molecule has 0 saturated carbocycles. The molecule has 0 spiro atoms. The molecule has 2 aromatic carbocycles. The van der Waals surface area contributed by atoms with E-state index in [0.717, 1.165) is 5.56 Å². The SMILES string of the molecule is CCOc1cccc(CNC(=O)CCc2ccccc2N)c1OC(F)F.Cl. The van der Waals surface area contributed by atoms with Gasteiger partial charge in [-0.05, 0) is 31.0 Å². The molecule has 5 nitrogen and oxygen atoms in total. The van der Waals surface area contributed by atoms with Crippen LogP contribution in [0.1, 0.15) is 24.5 Å². The van der Waals surface area contributed by atoms with Gasteiger partial charge in [-0.15, -0.1) is 12.4 Å². The zero-order valence-electron chi connectivity index (χ0n) is 14.9. The lowest BCUT2D eigenvalue weighted by Crippen LogP contribution is -2.23. The van der Waals surface area contributed by atoms with Crippen LogP contribution in [0.2, 0.25) is 0 Å². The van der Waals surface area contributed by atoms with E-state index in [9.17, 15) is 13.6 Å². The van der Waals surface area contributed by atoms with E-state index in [4.69, 9.17) is 10.5 Å². The number of ether oxygens (including phenoxy) is 2. The normalized spacial score (nSPS) is 10.2. The predicted molar refractivity (Wildman–Crippen MR) is 103 cm³/mol. The Labute approximate surface area is 163 Å². The van der Waals surface area contributed by atoms with Crippen LogP contribution in [0.5, 0.6) is 11.5 Å². The van der Waals surface area contributed by atoms with E-state index in [1.807, 2.05) is 18.2 Å². The van der Waals surface area contributed by atoms with Crippen LogP contribution in [0, 0.1) is 0 Å². The summed E-state index contributed by atoms with van der Waals surface area (Å²) >= 11 is 0. The number of nitrogens with one attached hydrogen (secondary N) is 1. The van der Waals surface area contributed by atoms with Crippen LogP contribution in [0.4, 0.5) is 14.5 Å². The number of para-hydroxylation sites is 2. The smallest absolute Gasteiger partial charge is 0.387 e. The molecule has 3 N–H and O–H groups in total. The van der Waals surface area contributed by atoms with Gasteiger partial charge in [-0.3, -0.25) is 4.79 Å². The molecular weight excluding hydrogens is 378 g/mol. The van der Waals surface area contributed by atoms with Crippen LogP contribution >= 0.6 is 12.4 Å². The summed E-state index contributed by atoms with van der Waals surface area (Å²) in [7, 11) is 0. The number of halogens is 3. The summed E-state index contributed by atoms with van der Waals surface area (Å²) in [6.07, 6.45) is 0.738. The number of carbonyl (C=O) groups is 1. The van der Waals surface area contributed by atoms with Crippen LogP contribution in [0.25, 0.3) is 0 Å². The van der Waals surface area contributed by atoms with E-state index in [-0.39, 0.29) is 42.8 Å². The number of hydrogen-bond acceptors (Lipinski definition) is 4. The van der Waals surface area contributed by atoms with Gasteiger partial charge in [0.2, 0.25) is 5.91 Å². The van der Waals surface area contributed by atoms with Gasteiger partial charge in [0.1, 0.15) is 0 Å². The van der Waals surface area contributed by atoms with Crippen LogP contribution in [-0.4, -0.2) is 19.1 Å². The number of amides is 1. The number of rotatable bonds is 9. The maximum absolute atomic E-state index is 12.7. The number of benzene rings is 2. The highest BCUT2D eigenvalue weighted by molar-refractivity contribution is 5.85. The topological polar surface area (TPSA) is 73.6 Å². The highest BCUT2D eigenvalue weighted by Crippen LogP contribution is 2.32. The largest absolute Gasteiger partial charge is 0.490 e. The second kappa shape index (κ2) is 11.2. The van der Waals surface area contributed by atoms with Gasteiger partial charge in [0, 0.05) is 24.2 Å². The molecule has 8 heteroatoms. The second-order valence-electron chi connectivity index (χ2n) is 5.53. The van der Waals surface area contributed by atoms with E-state index in [2.05, 4.69) is 10.1 Å². The van der Waals surface area contributed by atoms with Crippen molar-refractivity contribution >= 4 is 24.0 Å². The van der Waals surface area contributed by atoms with Gasteiger partial charge < -0.3 is 20.5 Å². The molecule has 0 aliphatic heterocycles. The number of carbonyl (C=O) groups excluding carboxylic acids is 1. The number of anilines is 1. The van der Waals surface area contributed by atoms with Gasteiger partial charge in [0.15, 0.2) is 11.5 Å². The molecule has 2 rings (SSSR count). The molecular formula is C19H23ClF2N2O3. The third-order valence-corrected chi connectivity index (χ3v) is 3.72. The van der Waals surface area contributed by atoms with E-state index < -0.39 is 6.61 Å². The maximum Gasteiger partial charge on any atom is 0.387 e. The Bertz CT molecular complexity index is 745. The van der Waals surface area contributed by atoms with Crippen molar-refractivity contribution in [1.82, 2.24) is 5.32 Å². The van der Waals surface area contributed by atoms with Gasteiger partial charge >= 0.3 is 6.61 Å². The summed E-state index contributed by atoms with van der Waals surface area (Å²) in [6, 6.07) is 12.1. The van der Waals surface area contributed by atoms with Crippen molar-refractivity contribution in [2.75, 3.05) is 12.3 Å². The zero-order valence-corrected chi connectivity index (χ0v) is 15.7. The lowest BCUT2D eigenvalue weighted by Gasteiger charge is -2.15. The first-order chi connectivity index (χ1) is 12.5. The van der Waals surface area contributed by atoms with Crippen LogP contribution in [-0.2, 0) is 17.8 Å². The van der Waals surface area contributed by atoms with Gasteiger partial charge in [0.25, 0.3) is 0 Å². The molecule has 0 aromatic heterocycles. The van der Waals surface area contributed by atoms with E-state index in [1.54, 1.807) is 31.2 Å². The lowest BCUT2D eigenvalue weighted by atomic mass is 10.1. The Morgan fingerprint density at radius 1 is 1.15 bits per heavy atom. The third kappa shape index (κ3) is 6.94. The zero-order chi connectivity index (χ0) is 18.9. The van der Waals surface area contributed by atoms with Gasteiger partial charge in [-0.25, -0.2) is 0 Å². The predicted octanol–water partition coefficient (Wildman–Crippen LogP) is 3.94. The lowest BCUT2D eigenvalue weighted by molar-refractivity contribution is -0.121. The summed E-state index contributed by atoms with van der Waals surface area (Å²) in [4.78, 5) is 12.1. The monoisotopic (exact) mass is 400 g/mol. The molecule has 0 aliphatic rings. The molecule has 27 heavy (non-hydrogen) atoms. The molecule has 148 valence electrons. The average Bonchev–Trinajstić information content (AvgIpc) is 2.61. The number of nitrogen functional groups attached to an aromatic ring is 1. The number of hydrogen-bond donors (Lipinski definition) is 2. The fourth-order valence-electron chi connectivity index (χ4n) is 2.48. The van der Waals surface area contributed by atoms with Crippen molar-refractivity contribution in [3.05, 3.63) is 53.6 Å². The van der Waals surface area contributed by atoms with E-state index in [1.165, 1.54) is 0 Å². The Hall–Kier alpha value is -2.54. The molecule has 2 aromatic rings. The Morgan fingerprint density at radius 2 is 1.85 bits per heavy atom. The van der Waals surface area contributed by atoms with E-state index in [0.29, 0.717) is 24.3 Å². The van der Waals surface area contributed by atoms with Crippen LogP contribution in [0.15, 0.2) is 42.5 Å². The van der Waals surface area contributed by atoms with Crippen LogP contribution in [0.3, 0.4) is 0 Å². The molecule has 0 aliphatic carbocycles. The number of aryl methyl sites for hydroxylation is 1. The minimum atomic E-state index is -2.98. The Kier molecular flexibility index (Phi) is 9.36. The maximum atomic E-state index is 12.7. The average molecular weight is 401 g/mol. The van der Waals surface area contributed by atoms with E-state index >= 15 is 0 Å². The highest BCUT2D eigenvalue weighted by Gasteiger charge is 2.16. The molecule has 0 unspecified atom stereocenters. The molecule has 0 saturated heterocycles. The van der Waals surface area contributed by atoms with Crippen molar-refractivity contribution < 1.29 is 23.0 Å². The Morgan fingerprint density at radius 3 is 2.52 bits per heavy atom. The minimum absolute atomic E-state index is 0. The van der Waals surface area contributed by atoms with Crippen molar-refractivity contribution in [3.63, 3.8) is 0 Å². The molecule has 1 amide bonds. The summed E-state index contributed by atoms with van der Waals surface area (Å²) in [6.45, 7) is -0.859. The van der Waals surface area contributed by atoms with Crippen molar-refractivity contribution in [3.8, 4) is 11.5 Å². The summed E-state index contributed by atoms with van der Waals surface area (Å²) in [5.41, 5.74) is 7.80. The molecule has 0 radical (unpaired) electrons. The molecule has 0 fully saturated rings. The fraction of sp³-hybridized carbons (Fsp3) is 0.316. The van der Waals surface area contributed by atoms with Crippen LogP contribution < -0.4 is 20.5 Å². The molecule has 0 atom stereocenters. The highest BCUT2D eigenvalue weighted by atomic mass is 35.5. The minimum Gasteiger partial charge on any atom is -0.490 e. The van der Waals surface area contributed by atoms with Gasteiger partial charge in [-0.1, -0.05) is 30.3 Å². The molecule has 0 bridgehead atoms. The van der Waals surface area contributed by atoms with Gasteiger partial charge in [0.05, 0.1) is 6.61 Å². The first-order valence-corrected chi connectivity index (χ1v) is 8.30. The first-order valence-electron chi connectivity index (χ1n) is 8.30. The fourth-order valence-corrected chi connectivity index (χ4v) is 2.48. The van der Waals surface area contributed by atoms with Gasteiger partial charge in [-0.2, -0.15) is 8.78 Å². The van der Waals surface area contributed by atoms with Crippen molar-refractivity contribution in [1.29, 1.82) is 0 Å². The summed E-state index contributed by atoms with van der Waals surface area (Å²) < 4.78 is 35.3. The van der Waals surface area contributed by atoms with Crippen molar-refractivity contribution in [2.45, 2.75) is 32.9 Å². The number of nitrogens with two attached hydrogens (primary N) is 1. The first kappa shape index (κ1) is 22.5. The second-order valence-corrected chi connectivity index (χ2v) is 5.53. The summed E-state index contributed by atoms with van der Waals surface area (Å²) in [5.74, 6) is -0.0494.